The van der Waals surface area contributed by atoms with E-state index in [9.17, 15) is 14.7 Å². The lowest BCUT2D eigenvalue weighted by atomic mass is 9.96. The molecular weight excluding hydrogens is 370 g/mol. The van der Waals surface area contributed by atoms with Crippen LogP contribution in [0.1, 0.15) is 48.1 Å². The zero-order valence-electron chi connectivity index (χ0n) is 16.5. The van der Waals surface area contributed by atoms with Crippen molar-refractivity contribution in [2.24, 2.45) is 0 Å². The SMILES string of the molecule is C[C@H](NC(=O)C[C@H]1CC[C@@H](NC(=O)c2cccnc2)[C@@H](CO)O1)c1ccccc1. The van der Waals surface area contributed by atoms with Crippen molar-refractivity contribution >= 4 is 11.8 Å². The van der Waals surface area contributed by atoms with Gasteiger partial charge in [0.2, 0.25) is 5.91 Å². The van der Waals surface area contributed by atoms with Gasteiger partial charge < -0.3 is 20.5 Å². The maximum absolute atomic E-state index is 12.4. The Morgan fingerprint density at radius 2 is 2.00 bits per heavy atom. The van der Waals surface area contributed by atoms with Crippen molar-refractivity contribution in [1.29, 1.82) is 0 Å². The number of benzene rings is 1. The Hall–Kier alpha value is -2.77. The topological polar surface area (TPSA) is 101 Å². The summed E-state index contributed by atoms with van der Waals surface area (Å²) < 4.78 is 5.90. The lowest BCUT2D eigenvalue weighted by molar-refractivity contribution is -0.131. The van der Waals surface area contributed by atoms with Gasteiger partial charge in [-0.3, -0.25) is 14.6 Å². The molecule has 0 aliphatic carbocycles. The van der Waals surface area contributed by atoms with Crippen molar-refractivity contribution in [2.45, 2.75) is 50.5 Å². The van der Waals surface area contributed by atoms with Crippen LogP contribution < -0.4 is 10.6 Å². The molecule has 0 radical (unpaired) electrons. The summed E-state index contributed by atoms with van der Waals surface area (Å²) in [4.78, 5) is 28.7. The van der Waals surface area contributed by atoms with Crippen LogP contribution in [0.5, 0.6) is 0 Å². The van der Waals surface area contributed by atoms with E-state index in [-0.39, 0.29) is 43.0 Å². The average Bonchev–Trinajstić information content (AvgIpc) is 2.75. The van der Waals surface area contributed by atoms with Crippen LogP contribution in [0.25, 0.3) is 0 Å². The molecule has 0 spiro atoms. The summed E-state index contributed by atoms with van der Waals surface area (Å²) in [5, 5.41) is 15.6. The van der Waals surface area contributed by atoms with Gasteiger partial charge in [-0.2, -0.15) is 0 Å². The van der Waals surface area contributed by atoms with Crippen LogP contribution in [-0.2, 0) is 9.53 Å². The highest BCUT2D eigenvalue weighted by atomic mass is 16.5. The Morgan fingerprint density at radius 1 is 1.21 bits per heavy atom. The fourth-order valence-electron chi connectivity index (χ4n) is 3.53. The number of hydrogen-bond donors (Lipinski definition) is 3. The Morgan fingerprint density at radius 3 is 2.69 bits per heavy atom. The van der Waals surface area contributed by atoms with Gasteiger partial charge in [0.05, 0.1) is 36.8 Å². The third-order valence-electron chi connectivity index (χ3n) is 5.13. The minimum absolute atomic E-state index is 0.0903. The first-order valence-corrected chi connectivity index (χ1v) is 9.88. The third kappa shape index (κ3) is 5.85. The molecule has 1 fully saturated rings. The van der Waals surface area contributed by atoms with Crippen molar-refractivity contribution < 1.29 is 19.4 Å². The second kappa shape index (κ2) is 10.1. The van der Waals surface area contributed by atoms with E-state index in [2.05, 4.69) is 15.6 Å². The number of amides is 2. The number of hydrogen-bond acceptors (Lipinski definition) is 5. The highest BCUT2D eigenvalue weighted by molar-refractivity contribution is 5.94. The van der Waals surface area contributed by atoms with Crippen molar-refractivity contribution in [3.05, 3.63) is 66.0 Å². The minimum atomic E-state index is -0.547. The number of aromatic nitrogens is 1. The van der Waals surface area contributed by atoms with E-state index < -0.39 is 6.10 Å². The van der Waals surface area contributed by atoms with Gasteiger partial charge >= 0.3 is 0 Å². The number of ether oxygens (including phenoxy) is 1. The molecule has 0 bridgehead atoms. The first-order chi connectivity index (χ1) is 14.1. The Kier molecular flexibility index (Phi) is 7.32. The predicted molar refractivity (Wildman–Crippen MR) is 108 cm³/mol. The number of carbonyl (C=O) groups is 2. The molecule has 2 aromatic rings. The third-order valence-corrected chi connectivity index (χ3v) is 5.13. The fourth-order valence-corrected chi connectivity index (χ4v) is 3.53. The van der Waals surface area contributed by atoms with Crippen LogP contribution >= 0.6 is 0 Å². The molecule has 0 saturated carbocycles. The molecule has 2 amide bonds. The summed E-state index contributed by atoms with van der Waals surface area (Å²) >= 11 is 0. The molecule has 29 heavy (non-hydrogen) atoms. The van der Waals surface area contributed by atoms with Crippen LogP contribution in [0.2, 0.25) is 0 Å². The number of aliphatic hydroxyl groups is 1. The maximum atomic E-state index is 12.4. The number of nitrogens with one attached hydrogen (secondary N) is 2. The van der Waals surface area contributed by atoms with Crippen LogP contribution in [-0.4, -0.2) is 46.8 Å². The number of carbonyl (C=O) groups excluding carboxylic acids is 2. The quantitative estimate of drug-likeness (QED) is 0.663. The fraction of sp³-hybridized carbons (Fsp3) is 0.409. The van der Waals surface area contributed by atoms with E-state index in [1.807, 2.05) is 37.3 Å². The lowest BCUT2D eigenvalue weighted by Gasteiger charge is -2.36. The molecule has 3 N–H and O–H groups in total. The Labute approximate surface area is 170 Å². The zero-order chi connectivity index (χ0) is 20.6. The molecule has 1 aromatic carbocycles. The summed E-state index contributed by atoms with van der Waals surface area (Å²) in [5.41, 5.74) is 1.50. The first kappa shape index (κ1) is 21.0. The standard InChI is InChI=1S/C22H27N3O4/c1-15(16-6-3-2-4-7-16)24-21(27)12-18-9-10-19(20(14-26)29-18)25-22(28)17-8-5-11-23-13-17/h2-8,11,13,15,18-20,26H,9-10,12,14H2,1H3,(H,24,27)(H,25,28)/t15-,18+,19+,20+/m0/s1. The van der Waals surface area contributed by atoms with Gasteiger partial charge in [0.25, 0.3) is 5.91 Å². The van der Waals surface area contributed by atoms with Gasteiger partial charge in [-0.15, -0.1) is 0 Å². The molecule has 1 aliphatic rings. The minimum Gasteiger partial charge on any atom is -0.394 e. The maximum Gasteiger partial charge on any atom is 0.253 e. The van der Waals surface area contributed by atoms with Crippen LogP contribution in [0.4, 0.5) is 0 Å². The summed E-state index contributed by atoms with van der Waals surface area (Å²) in [6.07, 6.45) is 3.73. The molecule has 3 rings (SSSR count). The molecule has 1 saturated heterocycles. The number of pyridine rings is 1. The van der Waals surface area contributed by atoms with E-state index in [1.54, 1.807) is 18.3 Å². The number of rotatable bonds is 7. The monoisotopic (exact) mass is 397 g/mol. The largest absolute Gasteiger partial charge is 0.394 e. The van der Waals surface area contributed by atoms with Gasteiger partial charge in [-0.25, -0.2) is 0 Å². The van der Waals surface area contributed by atoms with Gasteiger partial charge in [-0.05, 0) is 37.5 Å². The summed E-state index contributed by atoms with van der Waals surface area (Å²) in [6.45, 7) is 1.71. The van der Waals surface area contributed by atoms with E-state index in [1.165, 1.54) is 6.20 Å². The molecule has 1 aromatic heterocycles. The van der Waals surface area contributed by atoms with Crippen molar-refractivity contribution in [2.75, 3.05) is 6.61 Å². The van der Waals surface area contributed by atoms with Crippen LogP contribution in [0.15, 0.2) is 54.9 Å². The Balaban J connectivity index is 1.50. The molecular formula is C22H27N3O4. The number of nitrogens with zero attached hydrogens (tertiary/aromatic N) is 1. The van der Waals surface area contributed by atoms with Gasteiger partial charge in [0.1, 0.15) is 6.10 Å². The zero-order valence-corrected chi connectivity index (χ0v) is 16.5. The molecule has 2 heterocycles. The van der Waals surface area contributed by atoms with Crippen LogP contribution in [0, 0.1) is 0 Å². The second-order valence-corrected chi connectivity index (χ2v) is 7.28. The highest BCUT2D eigenvalue weighted by Gasteiger charge is 2.33. The van der Waals surface area contributed by atoms with Crippen molar-refractivity contribution in [1.82, 2.24) is 15.6 Å². The smallest absolute Gasteiger partial charge is 0.253 e. The van der Waals surface area contributed by atoms with E-state index in [4.69, 9.17) is 4.74 Å². The summed E-state index contributed by atoms with van der Waals surface area (Å²) in [7, 11) is 0. The van der Waals surface area contributed by atoms with Crippen LogP contribution in [0.3, 0.4) is 0 Å². The highest BCUT2D eigenvalue weighted by Crippen LogP contribution is 2.23. The molecule has 0 unspecified atom stereocenters. The summed E-state index contributed by atoms with van der Waals surface area (Å²) in [5.74, 6) is -0.348. The van der Waals surface area contributed by atoms with E-state index in [0.717, 1.165) is 5.56 Å². The normalized spacial score (nSPS) is 22.5. The molecule has 7 nitrogen and oxygen atoms in total. The molecule has 154 valence electrons. The second-order valence-electron chi connectivity index (χ2n) is 7.28. The summed E-state index contributed by atoms with van der Waals surface area (Å²) in [6, 6.07) is 12.7. The Bertz CT molecular complexity index is 800. The van der Waals surface area contributed by atoms with E-state index in [0.29, 0.717) is 18.4 Å². The molecule has 1 aliphatic heterocycles. The molecule has 7 heteroatoms. The predicted octanol–water partition coefficient (Wildman–Crippen LogP) is 1.99. The number of aliphatic hydroxyl groups excluding tert-OH is 1. The van der Waals surface area contributed by atoms with E-state index >= 15 is 0 Å². The lowest BCUT2D eigenvalue weighted by Crippen LogP contribution is -2.51. The average molecular weight is 397 g/mol. The first-order valence-electron chi connectivity index (χ1n) is 9.88. The van der Waals surface area contributed by atoms with Gasteiger partial charge in [0, 0.05) is 12.4 Å². The van der Waals surface area contributed by atoms with Gasteiger partial charge in [0.15, 0.2) is 0 Å². The van der Waals surface area contributed by atoms with Gasteiger partial charge in [-0.1, -0.05) is 30.3 Å². The van der Waals surface area contributed by atoms with Crippen molar-refractivity contribution in [3.8, 4) is 0 Å². The molecule has 4 atom stereocenters. The van der Waals surface area contributed by atoms with Crippen molar-refractivity contribution in [3.63, 3.8) is 0 Å².